The number of halogens is 2. The summed E-state index contributed by atoms with van der Waals surface area (Å²) in [6.45, 7) is 0. The molecule has 0 aliphatic rings. The van der Waals surface area contributed by atoms with Crippen LogP contribution in [0.2, 0.25) is 0 Å². The van der Waals surface area contributed by atoms with E-state index in [0.717, 1.165) is 36.3 Å². The molecule has 0 spiro atoms. The fraction of sp³-hybridized carbons (Fsp3) is 0.400. The van der Waals surface area contributed by atoms with E-state index in [4.69, 9.17) is 4.74 Å². The summed E-state index contributed by atoms with van der Waals surface area (Å²) in [5.41, 5.74) is 2.69. The fourth-order valence-electron chi connectivity index (χ4n) is 2.71. The van der Waals surface area contributed by atoms with Crippen molar-refractivity contribution in [2.75, 3.05) is 10.7 Å². The van der Waals surface area contributed by atoms with E-state index >= 15 is 0 Å². The van der Waals surface area contributed by atoms with Gasteiger partial charge >= 0.3 is 0 Å². The van der Waals surface area contributed by atoms with Gasteiger partial charge in [0.15, 0.2) is 0 Å². The van der Waals surface area contributed by atoms with Crippen LogP contribution in [0.1, 0.15) is 24.0 Å². The molecule has 0 radical (unpaired) electrons. The zero-order valence-electron chi connectivity index (χ0n) is 13.3. The average Bonchev–Trinajstić information content (AvgIpc) is 2.57. The zero-order valence-corrected chi connectivity index (χ0v) is 16.5. The molecule has 0 bridgehead atoms. The molecule has 23 heavy (non-hydrogen) atoms. The summed E-state index contributed by atoms with van der Waals surface area (Å²) in [6.07, 6.45) is 4.51. The topological polar surface area (TPSA) is 9.23 Å². The van der Waals surface area contributed by atoms with Gasteiger partial charge in [0, 0.05) is 10.7 Å². The lowest BCUT2D eigenvalue weighted by atomic mass is 10.0. The van der Waals surface area contributed by atoms with Crippen molar-refractivity contribution >= 4 is 31.9 Å². The second kappa shape index (κ2) is 11.0. The number of rotatable bonds is 10. The lowest BCUT2D eigenvalue weighted by molar-refractivity contribution is -0.0132. The van der Waals surface area contributed by atoms with Crippen LogP contribution in [0, 0.1) is 0 Å². The van der Waals surface area contributed by atoms with Gasteiger partial charge in [-0.1, -0.05) is 92.5 Å². The van der Waals surface area contributed by atoms with Gasteiger partial charge < -0.3 is 4.74 Å². The highest BCUT2D eigenvalue weighted by Gasteiger charge is 2.17. The second-order valence-corrected chi connectivity index (χ2v) is 7.30. The molecule has 3 heteroatoms. The molecule has 0 amide bonds. The van der Waals surface area contributed by atoms with Crippen LogP contribution in [0.4, 0.5) is 0 Å². The third kappa shape index (κ3) is 7.19. The monoisotopic (exact) mass is 438 g/mol. The molecule has 2 aromatic carbocycles. The summed E-state index contributed by atoms with van der Waals surface area (Å²) in [4.78, 5) is 0. The second-order valence-electron chi connectivity index (χ2n) is 5.71. The number of alkyl halides is 2. The van der Waals surface area contributed by atoms with Gasteiger partial charge in [0.05, 0.1) is 12.2 Å². The van der Waals surface area contributed by atoms with Crippen LogP contribution in [0.15, 0.2) is 60.7 Å². The Labute approximate surface area is 156 Å². The van der Waals surface area contributed by atoms with Crippen molar-refractivity contribution in [3.05, 3.63) is 71.8 Å². The average molecular weight is 440 g/mol. The Balaban J connectivity index is 1.98. The maximum absolute atomic E-state index is 6.48. The van der Waals surface area contributed by atoms with Crippen LogP contribution in [0.25, 0.3) is 0 Å². The van der Waals surface area contributed by atoms with Crippen molar-refractivity contribution in [1.82, 2.24) is 0 Å². The summed E-state index contributed by atoms with van der Waals surface area (Å²) in [7, 11) is 0. The van der Waals surface area contributed by atoms with Crippen LogP contribution in [0.3, 0.4) is 0 Å². The summed E-state index contributed by atoms with van der Waals surface area (Å²) in [5, 5.41) is 1.94. The first-order chi connectivity index (χ1) is 11.3. The van der Waals surface area contributed by atoms with E-state index in [0.29, 0.717) is 0 Å². The fourth-order valence-corrected chi connectivity index (χ4v) is 3.73. The number of hydrogen-bond donors (Lipinski definition) is 0. The minimum absolute atomic E-state index is 0.254. The third-order valence-corrected chi connectivity index (χ3v) is 4.78. The molecular weight excluding hydrogens is 416 g/mol. The van der Waals surface area contributed by atoms with E-state index in [1.54, 1.807) is 0 Å². The molecule has 0 fully saturated rings. The van der Waals surface area contributed by atoms with E-state index in [1.165, 1.54) is 11.1 Å². The summed E-state index contributed by atoms with van der Waals surface area (Å²) in [6, 6.07) is 21.2. The Morgan fingerprint density at radius 1 is 0.652 bits per heavy atom. The van der Waals surface area contributed by atoms with Crippen molar-refractivity contribution in [3.8, 4) is 0 Å². The quantitative estimate of drug-likeness (QED) is 0.425. The standard InChI is InChI=1S/C20H24Br2O/c21-13-11-19(15-17-7-3-1-4-8-17)23-20(12-14-22)16-18-9-5-2-6-10-18/h1-10,19-20H,11-16H2. The van der Waals surface area contributed by atoms with Crippen LogP contribution in [-0.2, 0) is 17.6 Å². The molecule has 2 aromatic rings. The minimum atomic E-state index is 0.254. The van der Waals surface area contributed by atoms with E-state index in [2.05, 4.69) is 92.5 Å². The molecule has 0 aromatic heterocycles. The lowest BCUT2D eigenvalue weighted by Gasteiger charge is -2.25. The summed E-state index contributed by atoms with van der Waals surface area (Å²) in [5.74, 6) is 0. The molecule has 0 heterocycles. The van der Waals surface area contributed by atoms with Gasteiger partial charge in [0.2, 0.25) is 0 Å². The molecular formula is C20H24Br2O. The molecule has 0 aliphatic carbocycles. The van der Waals surface area contributed by atoms with Crippen molar-refractivity contribution in [2.45, 2.75) is 37.9 Å². The molecule has 0 N–H and O–H groups in total. The van der Waals surface area contributed by atoms with Crippen LogP contribution in [0.5, 0.6) is 0 Å². The normalized spacial score (nSPS) is 13.7. The minimum Gasteiger partial charge on any atom is -0.374 e. The van der Waals surface area contributed by atoms with Gasteiger partial charge in [-0.05, 0) is 36.8 Å². The molecule has 0 aliphatic heterocycles. The molecule has 2 atom stereocenters. The molecule has 0 saturated heterocycles. The maximum Gasteiger partial charge on any atom is 0.0627 e. The molecule has 1 nitrogen and oxygen atoms in total. The number of benzene rings is 2. The van der Waals surface area contributed by atoms with E-state index in [-0.39, 0.29) is 12.2 Å². The van der Waals surface area contributed by atoms with Crippen molar-refractivity contribution in [2.24, 2.45) is 0 Å². The Kier molecular flexibility index (Phi) is 8.95. The van der Waals surface area contributed by atoms with E-state index in [9.17, 15) is 0 Å². The van der Waals surface area contributed by atoms with E-state index in [1.807, 2.05) is 0 Å². The Bertz CT molecular complexity index is 480. The van der Waals surface area contributed by atoms with Crippen LogP contribution >= 0.6 is 31.9 Å². The Morgan fingerprint density at radius 2 is 1.04 bits per heavy atom. The van der Waals surface area contributed by atoms with Crippen LogP contribution in [-0.4, -0.2) is 22.9 Å². The molecule has 0 saturated carbocycles. The number of hydrogen-bond acceptors (Lipinski definition) is 1. The number of ether oxygens (including phenoxy) is 1. The smallest absolute Gasteiger partial charge is 0.0627 e. The van der Waals surface area contributed by atoms with Gasteiger partial charge in [0.1, 0.15) is 0 Å². The highest BCUT2D eigenvalue weighted by atomic mass is 79.9. The molecule has 2 rings (SSSR count). The Hall–Kier alpha value is -0.640. The third-order valence-electron chi connectivity index (χ3n) is 3.86. The largest absolute Gasteiger partial charge is 0.374 e. The van der Waals surface area contributed by atoms with Gasteiger partial charge in [-0.2, -0.15) is 0 Å². The predicted octanol–water partition coefficient (Wildman–Crippen LogP) is 5.80. The highest BCUT2D eigenvalue weighted by molar-refractivity contribution is 9.09. The Morgan fingerprint density at radius 3 is 1.39 bits per heavy atom. The first-order valence-corrected chi connectivity index (χ1v) is 10.4. The van der Waals surface area contributed by atoms with Crippen molar-refractivity contribution < 1.29 is 4.74 Å². The van der Waals surface area contributed by atoms with Gasteiger partial charge in [-0.3, -0.25) is 0 Å². The first kappa shape index (κ1) is 18.7. The molecule has 124 valence electrons. The summed E-state index contributed by atoms with van der Waals surface area (Å²) < 4.78 is 6.48. The summed E-state index contributed by atoms with van der Waals surface area (Å²) >= 11 is 7.14. The van der Waals surface area contributed by atoms with Gasteiger partial charge in [0.25, 0.3) is 0 Å². The van der Waals surface area contributed by atoms with E-state index < -0.39 is 0 Å². The molecule has 2 unspecified atom stereocenters. The maximum atomic E-state index is 6.48. The highest BCUT2D eigenvalue weighted by Crippen LogP contribution is 2.18. The first-order valence-electron chi connectivity index (χ1n) is 8.17. The predicted molar refractivity (Wildman–Crippen MR) is 106 cm³/mol. The SMILES string of the molecule is BrCCC(Cc1ccccc1)OC(CCBr)Cc1ccccc1. The zero-order chi connectivity index (χ0) is 16.3. The van der Waals surface area contributed by atoms with Crippen molar-refractivity contribution in [1.29, 1.82) is 0 Å². The lowest BCUT2D eigenvalue weighted by Crippen LogP contribution is -2.27. The van der Waals surface area contributed by atoms with Crippen LogP contribution < -0.4 is 0 Å². The van der Waals surface area contributed by atoms with Crippen molar-refractivity contribution in [3.63, 3.8) is 0 Å². The van der Waals surface area contributed by atoms with Gasteiger partial charge in [-0.25, -0.2) is 0 Å². The van der Waals surface area contributed by atoms with Gasteiger partial charge in [-0.15, -0.1) is 0 Å².